The second-order valence-electron chi connectivity index (χ2n) is 6.24. The maximum absolute atomic E-state index is 11.2. The molecule has 0 rings (SSSR count). The minimum absolute atomic E-state index is 0.0983. The van der Waals surface area contributed by atoms with Gasteiger partial charge in [0.15, 0.2) is 0 Å². The van der Waals surface area contributed by atoms with Crippen molar-refractivity contribution in [3.63, 3.8) is 0 Å². The van der Waals surface area contributed by atoms with Crippen LogP contribution in [0.25, 0.3) is 0 Å². The fourth-order valence-electron chi connectivity index (χ4n) is 1.70. The number of carboxylic acids is 4. The van der Waals surface area contributed by atoms with Gasteiger partial charge >= 0.3 is 23.9 Å². The molecular weight excluding hydrogens is 424 g/mol. The van der Waals surface area contributed by atoms with Crippen LogP contribution in [-0.4, -0.2) is 92.0 Å². The third-order valence-electron chi connectivity index (χ3n) is 3.48. The van der Waals surface area contributed by atoms with E-state index in [4.69, 9.17) is 37.0 Å². The van der Waals surface area contributed by atoms with Crippen molar-refractivity contribution in [2.24, 2.45) is 11.5 Å². The van der Waals surface area contributed by atoms with Crippen molar-refractivity contribution in [1.82, 2.24) is 10.6 Å². The zero-order chi connectivity index (χ0) is 24.7. The minimum atomic E-state index is -1.43. The number of nitrogens with two attached hydrogens (primary N) is 2. The molecule has 0 aromatic heterocycles. The predicted octanol–water partition coefficient (Wildman–Crippen LogP) is -3.49. The molecule has 15 nitrogen and oxygen atoms in total. The van der Waals surface area contributed by atoms with E-state index in [1.54, 1.807) is 0 Å². The van der Waals surface area contributed by atoms with Gasteiger partial charge < -0.3 is 47.6 Å². The molecule has 0 radical (unpaired) electrons. The highest BCUT2D eigenvalue weighted by Gasteiger charge is 2.23. The first-order valence-corrected chi connectivity index (χ1v) is 8.84. The summed E-state index contributed by atoms with van der Waals surface area (Å²) in [7, 11) is 0. The van der Waals surface area contributed by atoms with Crippen LogP contribution in [0.1, 0.15) is 32.6 Å². The van der Waals surface area contributed by atoms with Crippen molar-refractivity contribution in [3.05, 3.63) is 0 Å². The van der Waals surface area contributed by atoms with Crippen molar-refractivity contribution in [1.29, 1.82) is 0 Å². The monoisotopic (exact) mass is 452 g/mol. The molecule has 0 fully saturated rings. The molecule has 0 aromatic rings. The summed E-state index contributed by atoms with van der Waals surface area (Å²) in [6.07, 6.45) is -0.871. The number of nitrogens with one attached hydrogen (secondary N) is 2. The van der Waals surface area contributed by atoms with E-state index in [1.807, 2.05) is 5.32 Å². The van der Waals surface area contributed by atoms with E-state index >= 15 is 0 Å². The van der Waals surface area contributed by atoms with E-state index in [9.17, 15) is 28.8 Å². The summed E-state index contributed by atoms with van der Waals surface area (Å²) >= 11 is 0. The van der Waals surface area contributed by atoms with Crippen molar-refractivity contribution in [2.45, 2.75) is 56.8 Å². The number of amides is 2. The molecule has 0 saturated carbocycles. The standard InChI is InChI=1S/C8H14N2O6.C8H14N2O5/c9-4(1-2-6(12)13)7(14)10-5(3-11)8(15)16;1-4(9)7(13)10-5(8(14)15)2-3-6(11)12/h4-5,11H,1-3,9H2,(H,10,14)(H,12,13)(H,15,16);4-5H,2-3,9H2,1H3,(H,10,13)(H,11,12)(H,14,15). The highest BCUT2D eigenvalue weighted by molar-refractivity contribution is 5.87. The summed E-state index contributed by atoms with van der Waals surface area (Å²) in [5.41, 5.74) is 10.5. The molecule has 0 aliphatic rings. The second-order valence-corrected chi connectivity index (χ2v) is 6.24. The quantitative estimate of drug-likeness (QED) is 0.131. The number of hydrogen-bond acceptors (Lipinski definition) is 9. The first-order valence-electron chi connectivity index (χ1n) is 8.84. The molecule has 0 spiro atoms. The number of rotatable bonds is 13. The smallest absolute Gasteiger partial charge is 0.328 e. The molecule has 0 bridgehead atoms. The van der Waals surface area contributed by atoms with Gasteiger partial charge in [0.05, 0.1) is 18.7 Å². The van der Waals surface area contributed by atoms with Crippen LogP contribution >= 0.6 is 0 Å². The lowest BCUT2D eigenvalue weighted by Gasteiger charge is -2.15. The number of aliphatic hydroxyl groups is 1. The van der Waals surface area contributed by atoms with Crippen molar-refractivity contribution in [2.75, 3.05) is 6.61 Å². The molecule has 4 atom stereocenters. The Morgan fingerprint density at radius 2 is 1.16 bits per heavy atom. The van der Waals surface area contributed by atoms with Gasteiger partial charge in [-0.2, -0.15) is 0 Å². The zero-order valence-corrected chi connectivity index (χ0v) is 16.7. The third kappa shape index (κ3) is 15.2. The van der Waals surface area contributed by atoms with Gasteiger partial charge in [0.1, 0.15) is 12.1 Å². The van der Waals surface area contributed by atoms with Gasteiger partial charge in [-0.3, -0.25) is 19.2 Å². The van der Waals surface area contributed by atoms with Crippen LogP contribution in [0.15, 0.2) is 0 Å². The third-order valence-corrected chi connectivity index (χ3v) is 3.48. The zero-order valence-electron chi connectivity index (χ0n) is 16.7. The van der Waals surface area contributed by atoms with Crippen LogP contribution < -0.4 is 22.1 Å². The maximum Gasteiger partial charge on any atom is 0.328 e. The Morgan fingerprint density at radius 3 is 1.52 bits per heavy atom. The Bertz CT molecular complexity index is 653. The van der Waals surface area contributed by atoms with Crippen LogP contribution in [0, 0.1) is 0 Å². The van der Waals surface area contributed by atoms with E-state index in [0.717, 1.165) is 0 Å². The Labute approximate surface area is 176 Å². The Hall–Kier alpha value is -3.30. The van der Waals surface area contributed by atoms with Crippen molar-refractivity contribution >= 4 is 35.7 Å². The summed E-state index contributed by atoms with van der Waals surface area (Å²) in [4.78, 5) is 63.8. The van der Waals surface area contributed by atoms with E-state index < -0.39 is 66.5 Å². The summed E-state index contributed by atoms with van der Waals surface area (Å²) in [5.74, 6) is -6.29. The fourth-order valence-corrected chi connectivity index (χ4v) is 1.70. The average molecular weight is 452 g/mol. The predicted molar refractivity (Wildman–Crippen MR) is 102 cm³/mol. The van der Waals surface area contributed by atoms with E-state index in [2.05, 4.69) is 5.32 Å². The van der Waals surface area contributed by atoms with Crippen LogP contribution in [0.4, 0.5) is 0 Å². The molecule has 0 aromatic carbocycles. The van der Waals surface area contributed by atoms with Gasteiger partial charge in [-0.25, -0.2) is 9.59 Å². The molecule has 0 heterocycles. The van der Waals surface area contributed by atoms with E-state index in [0.29, 0.717) is 0 Å². The molecule has 2 amide bonds. The van der Waals surface area contributed by atoms with Gasteiger partial charge in [0.25, 0.3) is 0 Å². The number of aliphatic carboxylic acids is 4. The normalized spacial score (nSPS) is 13.9. The fraction of sp³-hybridized carbons (Fsp3) is 0.625. The van der Waals surface area contributed by atoms with Crippen LogP contribution in [0.5, 0.6) is 0 Å². The van der Waals surface area contributed by atoms with Gasteiger partial charge in [-0.1, -0.05) is 0 Å². The van der Waals surface area contributed by atoms with Gasteiger partial charge in [-0.05, 0) is 19.8 Å². The molecule has 0 saturated heterocycles. The molecule has 11 N–H and O–H groups in total. The first kappa shape index (κ1) is 29.9. The second kappa shape index (κ2) is 15.5. The van der Waals surface area contributed by atoms with Gasteiger partial charge in [0.2, 0.25) is 11.8 Å². The highest BCUT2D eigenvalue weighted by Crippen LogP contribution is 1.98. The topological polar surface area (TPSA) is 280 Å². The lowest BCUT2D eigenvalue weighted by Crippen LogP contribution is -2.50. The molecule has 31 heavy (non-hydrogen) atoms. The number of carbonyl (C=O) groups excluding carboxylic acids is 2. The minimum Gasteiger partial charge on any atom is -0.481 e. The summed E-state index contributed by atoms with van der Waals surface area (Å²) in [6, 6.07) is -4.57. The SMILES string of the molecule is CC(N)C(=O)NC(CCC(=O)O)C(=O)O.NC(CCC(=O)O)C(=O)NC(CO)C(=O)O. The Morgan fingerprint density at radius 1 is 0.742 bits per heavy atom. The molecule has 178 valence electrons. The Kier molecular flexibility index (Phi) is 15.0. The molecular formula is C16H28N4O11. The largest absolute Gasteiger partial charge is 0.481 e. The molecule has 0 aliphatic heterocycles. The average Bonchev–Trinajstić information content (AvgIpc) is 2.66. The summed E-state index contributed by atoms with van der Waals surface area (Å²) in [5, 5.41) is 46.6. The maximum atomic E-state index is 11.2. The van der Waals surface area contributed by atoms with Crippen LogP contribution in [0.2, 0.25) is 0 Å². The summed E-state index contributed by atoms with van der Waals surface area (Å²) in [6.45, 7) is 0.651. The van der Waals surface area contributed by atoms with Crippen LogP contribution in [-0.2, 0) is 28.8 Å². The molecule has 15 heteroatoms. The number of hydrogen-bond donors (Lipinski definition) is 9. The molecule has 4 unspecified atom stereocenters. The lowest BCUT2D eigenvalue weighted by atomic mass is 10.1. The van der Waals surface area contributed by atoms with E-state index in [1.165, 1.54) is 6.92 Å². The van der Waals surface area contributed by atoms with Crippen molar-refractivity contribution < 1.29 is 54.3 Å². The van der Waals surface area contributed by atoms with E-state index in [-0.39, 0.29) is 25.7 Å². The Balaban J connectivity index is 0. The number of carbonyl (C=O) groups is 6. The number of carboxylic acid groups (broad SMARTS) is 4. The molecule has 0 aliphatic carbocycles. The first-order chi connectivity index (χ1) is 14.2. The van der Waals surface area contributed by atoms with Crippen LogP contribution in [0.3, 0.4) is 0 Å². The lowest BCUT2D eigenvalue weighted by molar-refractivity contribution is -0.143. The summed E-state index contributed by atoms with van der Waals surface area (Å²) < 4.78 is 0. The van der Waals surface area contributed by atoms with Gasteiger partial charge in [0, 0.05) is 12.8 Å². The number of aliphatic hydroxyl groups excluding tert-OH is 1. The van der Waals surface area contributed by atoms with Gasteiger partial charge in [-0.15, -0.1) is 0 Å². The van der Waals surface area contributed by atoms with Crippen molar-refractivity contribution in [3.8, 4) is 0 Å². The highest BCUT2D eigenvalue weighted by atomic mass is 16.4.